The molecule has 3 aromatic rings. The zero-order valence-electron chi connectivity index (χ0n) is 11.6. The molecule has 2 aromatic heterocycles. The van der Waals surface area contributed by atoms with E-state index in [1.165, 1.54) is 6.07 Å². The number of hydrogen-bond donors (Lipinski definition) is 3. The van der Waals surface area contributed by atoms with Crippen LogP contribution in [0, 0.1) is 19.7 Å². The SMILES string of the molecule is Cc1cc2c(Nc3cccc(F)c3C)nc(NN)nc2s1. The number of aryl methyl sites for hydroxylation is 1. The Bertz CT molecular complexity index is 814. The van der Waals surface area contributed by atoms with Crippen molar-refractivity contribution in [3.63, 3.8) is 0 Å². The Balaban J connectivity index is 2.12. The third-order valence-corrected chi connectivity index (χ3v) is 4.11. The summed E-state index contributed by atoms with van der Waals surface area (Å²) in [5, 5.41) is 4.05. The highest BCUT2D eigenvalue weighted by atomic mass is 32.1. The molecule has 0 saturated carbocycles. The van der Waals surface area contributed by atoms with E-state index < -0.39 is 0 Å². The lowest BCUT2D eigenvalue weighted by Crippen LogP contribution is -2.11. The van der Waals surface area contributed by atoms with Crippen LogP contribution < -0.4 is 16.6 Å². The third kappa shape index (κ3) is 2.53. The maximum absolute atomic E-state index is 13.6. The van der Waals surface area contributed by atoms with Crippen LogP contribution in [0.2, 0.25) is 0 Å². The number of rotatable bonds is 3. The summed E-state index contributed by atoms with van der Waals surface area (Å²) in [6, 6.07) is 6.89. The maximum atomic E-state index is 13.6. The van der Waals surface area contributed by atoms with Gasteiger partial charge in [0.2, 0.25) is 5.95 Å². The number of hydrogen-bond acceptors (Lipinski definition) is 6. The molecule has 0 atom stereocenters. The third-order valence-electron chi connectivity index (χ3n) is 3.17. The van der Waals surface area contributed by atoms with Gasteiger partial charge >= 0.3 is 0 Å². The van der Waals surface area contributed by atoms with Crippen molar-refractivity contribution in [1.82, 2.24) is 9.97 Å². The zero-order chi connectivity index (χ0) is 15.0. The van der Waals surface area contributed by atoms with Crippen molar-refractivity contribution in [2.45, 2.75) is 13.8 Å². The van der Waals surface area contributed by atoms with Gasteiger partial charge in [-0.15, -0.1) is 11.3 Å². The molecule has 0 saturated heterocycles. The molecule has 1 aromatic carbocycles. The molecule has 7 heteroatoms. The van der Waals surface area contributed by atoms with Gasteiger partial charge < -0.3 is 5.32 Å². The number of thiophene rings is 1. The lowest BCUT2D eigenvalue weighted by molar-refractivity contribution is 0.619. The number of nitrogens with two attached hydrogens (primary N) is 1. The second-order valence-electron chi connectivity index (χ2n) is 4.65. The molecule has 4 N–H and O–H groups in total. The minimum absolute atomic E-state index is 0.260. The minimum atomic E-state index is -0.260. The van der Waals surface area contributed by atoms with Crippen molar-refractivity contribution in [3.05, 3.63) is 40.5 Å². The van der Waals surface area contributed by atoms with Crippen molar-refractivity contribution in [3.8, 4) is 0 Å². The number of nitrogens with one attached hydrogen (secondary N) is 2. The van der Waals surface area contributed by atoms with E-state index in [0.717, 1.165) is 15.1 Å². The van der Waals surface area contributed by atoms with Crippen molar-refractivity contribution in [2.24, 2.45) is 5.84 Å². The monoisotopic (exact) mass is 303 g/mol. The average molecular weight is 303 g/mol. The number of anilines is 3. The first-order chi connectivity index (χ1) is 10.1. The number of nitrogen functional groups attached to an aromatic ring is 1. The molecule has 0 bridgehead atoms. The second-order valence-corrected chi connectivity index (χ2v) is 5.89. The number of hydrazine groups is 1. The highest BCUT2D eigenvalue weighted by Crippen LogP contribution is 2.32. The Morgan fingerprint density at radius 1 is 1.24 bits per heavy atom. The highest BCUT2D eigenvalue weighted by Gasteiger charge is 2.12. The first kappa shape index (κ1) is 13.7. The standard InChI is InChI=1S/C14H14FN5S/c1-7-6-9-12(18-14(20-16)19-13(9)21-7)17-11-5-3-4-10(15)8(11)2/h3-6H,16H2,1-2H3,(H2,17,18,19,20). The molecule has 0 aliphatic carbocycles. The Morgan fingerprint density at radius 3 is 2.81 bits per heavy atom. The molecule has 0 fully saturated rings. The van der Waals surface area contributed by atoms with E-state index in [9.17, 15) is 4.39 Å². The molecule has 0 aliphatic heterocycles. The van der Waals surface area contributed by atoms with E-state index in [1.54, 1.807) is 30.4 Å². The number of fused-ring (bicyclic) bond motifs is 1. The van der Waals surface area contributed by atoms with Crippen LogP contribution in [0.15, 0.2) is 24.3 Å². The van der Waals surface area contributed by atoms with Gasteiger partial charge in [-0.05, 0) is 32.0 Å². The summed E-state index contributed by atoms with van der Waals surface area (Å²) in [5.41, 5.74) is 3.66. The number of halogens is 1. The van der Waals surface area contributed by atoms with Crippen LogP contribution in [0.1, 0.15) is 10.4 Å². The first-order valence-electron chi connectivity index (χ1n) is 6.35. The molecule has 0 aliphatic rings. The number of benzene rings is 1. The van der Waals surface area contributed by atoms with Crippen molar-refractivity contribution < 1.29 is 4.39 Å². The second kappa shape index (κ2) is 5.27. The topological polar surface area (TPSA) is 75.9 Å². The summed E-state index contributed by atoms with van der Waals surface area (Å²) in [5.74, 6) is 6.07. The molecule has 0 radical (unpaired) electrons. The fourth-order valence-electron chi connectivity index (χ4n) is 2.07. The van der Waals surface area contributed by atoms with Crippen molar-refractivity contribution in [1.29, 1.82) is 0 Å². The quantitative estimate of drug-likeness (QED) is 0.510. The van der Waals surface area contributed by atoms with Crippen LogP contribution in [0.5, 0.6) is 0 Å². The van der Waals surface area contributed by atoms with E-state index in [0.29, 0.717) is 23.0 Å². The molecule has 21 heavy (non-hydrogen) atoms. The molecule has 3 rings (SSSR count). The van der Waals surface area contributed by atoms with E-state index >= 15 is 0 Å². The van der Waals surface area contributed by atoms with Crippen LogP contribution in [0.25, 0.3) is 10.2 Å². The summed E-state index contributed by atoms with van der Waals surface area (Å²) < 4.78 is 13.6. The van der Waals surface area contributed by atoms with Crippen LogP contribution in [0.4, 0.5) is 21.8 Å². The van der Waals surface area contributed by atoms with Gasteiger partial charge in [0.15, 0.2) is 0 Å². The predicted molar refractivity (Wildman–Crippen MR) is 84.4 cm³/mol. The fourth-order valence-corrected chi connectivity index (χ4v) is 2.95. The Morgan fingerprint density at radius 2 is 2.05 bits per heavy atom. The molecule has 0 unspecified atom stereocenters. The smallest absolute Gasteiger partial charge is 0.240 e. The van der Waals surface area contributed by atoms with Crippen LogP contribution >= 0.6 is 11.3 Å². The van der Waals surface area contributed by atoms with Crippen molar-refractivity contribution >= 4 is 39.0 Å². The van der Waals surface area contributed by atoms with E-state index in [4.69, 9.17) is 5.84 Å². The molecule has 108 valence electrons. The Kier molecular flexibility index (Phi) is 3.44. The maximum Gasteiger partial charge on any atom is 0.240 e. The van der Waals surface area contributed by atoms with Gasteiger partial charge in [0.05, 0.1) is 5.39 Å². The lowest BCUT2D eigenvalue weighted by atomic mass is 10.2. The minimum Gasteiger partial charge on any atom is -0.339 e. The summed E-state index contributed by atoms with van der Waals surface area (Å²) in [6.45, 7) is 3.72. The molecule has 5 nitrogen and oxygen atoms in total. The van der Waals surface area contributed by atoms with Gasteiger partial charge in [-0.1, -0.05) is 6.07 Å². The van der Waals surface area contributed by atoms with Gasteiger partial charge in [-0.25, -0.2) is 15.2 Å². The van der Waals surface area contributed by atoms with Gasteiger partial charge in [0.1, 0.15) is 16.5 Å². The van der Waals surface area contributed by atoms with E-state index in [-0.39, 0.29) is 5.82 Å². The lowest BCUT2D eigenvalue weighted by Gasteiger charge is -2.11. The summed E-state index contributed by atoms with van der Waals surface area (Å²) >= 11 is 1.55. The van der Waals surface area contributed by atoms with Gasteiger partial charge in [-0.3, -0.25) is 5.43 Å². The van der Waals surface area contributed by atoms with Crippen molar-refractivity contribution in [2.75, 3.05) is 10.7 Å². The van der Waals surface area contributed by atoms with Gasteiger partial charge in [-0.2, -0.15) is 4.98 Å². The van der Waals surface area contributed by atoms with Crippen LogP contribution in [0.3, 0.4) is 0 Å². The zero-order valence-corrected chi connectivity index (χ0v) is 12.4. The highest BCUT2D eigenvalue weighted by molar-refractivity contribution is 7.18. The van der Waals surface area contributed by atoms with Crippen LogP contribution in [-0.2, 0) is 0 Å². The summed E-state index contributed by atoms with van der Waals surface area (Å²) in [7, 11) is 0. The number of aromatic nitrogens is 2. The van der Waals surface area contributed by atoms with E-state index in [2.05, 4.69) is 20.7 Å². The van der Waals surface area contributed by atoms with Crippen LogP contribution in [-0.4, -0.2) is 9.97 Å². The molecule has 0 spiro atoms. The summed E-state index contributed by atoms with van der Waals surface area (Å²) in [4.78, 5) is 10.6. The first-order valence-corrected chi connectivity index (χ1v) is 7.17. The van der Waals surface area contributed by atoms with Gasteiger partial charge in [0.25, 0.3) is 0 Å². The predicted octanol–water partition coefficient (Wildman–Crippen LogP) is 3.48. The molecule has 0 amide bonds. The molecular formula is C14H14FN5S. The Hall–Kier alpha value is -2.25. The number of nitrogens with zero attached hydrogens (tertiary/aromatic N) is 2. The molecule has 2 heterocycles. The largest absolute Gasteiger partial charge is 0.339 e. The molecular weight excluding hydrogens is 289 g/mol. The normalized spacial score (nSPS) is 10.9. The Labute approximate surface area is 125 Å². The summed E-state index contributed by atoms with van der Waals surface area (Å²) in [6.07, 6.45) is 0. The average Bonchev–Trinajstić information content (AvgIpc) is 2.84. The fraction of sp³-hybridized carbons (Fsp3) is 0.143. The van der Waals surface area contributed by atoms with Gasteiger partial charge in [0, 0.05) is 16.1 Å². The van der Waals surface area contributed by atoms with E-state index in [1.807, 2.05) is 13.0 Å².